The standard InChI is InChI=1S/C21H18FN5O2S/c1-13-6-5-7-15(10-13)27-14(2)25-26-21(27)30-12-19-23-18(11-29-19)20(28)24-17-9-4-3-8-16(17)22/h3-11H,12H2,1-2H3,(H,24,28). The maximum atomic E-state index is 13.7. The molecule has 0 aliphatic rings. The van der Waals surface area contributed by atoms with E-state index in [1.807, 2.05) is 36.6 Å². The predicted molar refractivity (Wildman–Crippen MR) is 111 cm³/mol. The summed E-state index contributed by atoms with van der Waals surface area (Å²) in [4.78, 5) is 16.5. The molecular formula is C21H18FN5O2S. The van der Waals surface area contributed by atoms with Crippen molar-refractivity contribution in [2.75, 3.05) is 5.32 Å². The fourth-order valence-corrected chi connectivity index (χ4v) is 3.71. The number of hydrogen-bond donors (Lipinski definition) is 1. The van der Waals surface area contributed by atoms with Crippen LogP contribution in [0.2, 0.25) is 0 Å². The molecule has 4 aromatic rings. The second-order valence-corrected chi connectivity index (χ2v) is 7.50. The van der Waals surface area contributed by atoms with Crippen molar-refractivity contribution in [3.8, 4) is 5.69 Å². The number of oxazole rings is 1. The molecule has 0 aliphatic carbocycles. The first kappa shape index (κ1) is 19.8. The van der Waals surface area contributed by atoms with E-state index in [0.29, 0.717) is 16.8 Å². The molecule has 0 radical (unpaired) electrons. The third-order valence-electron chi connectivity index (χ3n) is 4.29. The second-order valence-electron chi connectivity index (χ2n) is 6.55. The van der Waals surface area contributed by atoms with Gasteiger partial charge >= 0.3 is 0 Å². The summed E-state index contributed by atoms with van der Waals surface area (Å²) in [5, 5.41) is 11.6. The molecule has 0 fully saturated rings. The number of carbonyl (C=O) groups is 1. The van der Waals surface area contributed by atoms with Crippen molar-refractivity contribution in [1.29, 1.82) is 0 Å². The molecule has 2 aromatic heterocycles. The van der Waals surface area contributed by atoms with E-state index < -0.39 is 11.7 Å². The molecule has 1 N–H and O–H groups in total. The van der Waals surface area contributed by atoms with Crippen molar-refractivity contribution in [2.24, 2.45) is 0 Å². The van der Waals surface area contributed by atoms with E-state index >= 15 is 0 Å². The van der Waals surface area contributed by atoms with Crippen molar-refractivity contribution >= 4 is 23.4 Å². The smallest absolute Gasteiger partial charge is 0.277 e. The van der Waals surface area contributed by atoms with Gasteiger partial charge < -0.3 is 9.73 Å². The monoisotopic (exact) mass is 423 g/mol. The van der Waals surface area contributed by atoms with E-state index in [2.05, 4.69) is 26.6 Å². The number of rotatable bonds is 6. The van der Waals surface area contributed by atoms with Crippen molar-refractivity contribution in [3.05, 3.63) is 83.6 Å². The summed E-state index contributed by atoms with van der Waals surface area (Å²) in [7, 11) is 0. The SMILES string of the molecule is Cc1cccc(-n2c(C)nnc2SCc2nc(C(=O)Nc3ccccc3F)co2)c1. The fourth-order valence-electron chi connectivity index (χ4n) is 2.86. The van der Waals surface area contributed by atoms with Gasteiger partial charge in [-0.2, -0.15) is 0 Å². The van der Waals surface area contributed by atoms with Gasteiger partial charge in [0.25, 0.3) is 5.91 Å². The van der Waals surface area contributed by atoms with Gasteiger partial charge in [-0.25, -0.2) is 9.37 Å². The zero-order chi connectivity index (χ0) is 21.1. The van der Waals surface area contributed by atoms with Crippen LogP contribution >= 0.6 is 11.8 Å². The molecule has 1 amide bonds. The van der Waals surface area contributed by atoms with Crippen molar-refractivity contribution in [3.63, 3.8) is 0 Å². The number of aryl methyl sites for hydroxylation is 2. The molecule has 2 heterocycles. The molecule has 7 nitrogen and oxygen atoms in total. The van der Waals surface area contributed by atoms with E-state index in [1.54, 1.807) is 12.1 Å². The minimum absolute atomic E-state index is 0.0742. The van der Waals surface area contributed by atoms with Gasteiger partial charge in [0.05, 0.1) is 11.4 Å². The Morgan fingerprint density at radius 1 is 1.17 bits per heavy atom. The van der Waals surface area contributed by atoms with Crippen LogP contribution < -0.4 is 5.32 Å². The van der Waals surface area contributed by atoms with Gasteiger partial charge in [-0.15, -0.1) is 10.2 Å². The summed E-state index contributed by atoms with van der Waals surface area (Å²) in [6.07, 6.45) is 1.25. The largest absolute Gasteiger partial charge is 0.447 e. The third kappa shape index (κ3) is 4.25. The van der Waals surface area contributed by atoms with Gasteiger partial charge in [0, 0.05) is 5.69 Å². The minimum Gasteiger partial charge on any atom is -0.447 e. The molecule has 0 saturated heterocycles. The quantitative estimate of drug-likeness (QED) is 0.458. The molecule has 0 unspecified atom stereocenters. The Morgan fingerprint density at radius 2 is 2.00 bits per heavy atom. The highest BCUT2D eigenvalue weighted by Gasteiger charge is 2.16. The zero-order valence-corrected chi connectivity index (χ0v) is 17.1. The van der Waals surface area contributed by atoms with E-state index in [4.69, 9.17) is 4.42 Å². The lowest BCUT2D eigenvalue weighted by Gasteiger charge is -2.08. The average Bonchev–Trinajstić information content (AvgIpc) is 3.35. The topological polar surface area (TPSA) is 85.8 Å². The molecule has 2 aromatic carbocycles. The Balaban J connectivity index is 1.46. The highest BCUT2D eigenvalue weighted by molar-refractivity contribution is 7.98. The van der Waals surface area contributed by atoms with Crippen molar-refractivity contribution in [1.82, 2.24) is 19.7 Å². The number of anilines is 1. The van der Waals surface area contributed by atoms with E-state index in [-0.39, 0.29) is 11.4 Å². The van der Waals surface area contributed by atoms with E-state index in [1.165, 1.54) is 30.2 Å². The Labute approximate surface area is 176 Å². The van der Waals surface area contributed by atoms with Gasteiger partial charge in [-0.1, -0.05) is 36.0 Å². The number of nitrogens with one attached hydrogen (secondary N) is 1. The van der Waals surface area contributed by atoms with Crippen LogP contribution in [0.5, 0.6) is 0 Å². The molecule has 0 bridgehead atoms. The lowest BCUT2D eigenvalue weighted by atomic mass is 10.2. The van der Waals surface area contributed by atoms with Gasteiger partial charge in [0.2, 0.25) is 5.89 Å². The van der Waals surface area contributed by atoms with Crippen LogP contribution in [0, 0.1) is 19.7 Å². The summed E-state index contributed by atoms with van der Waals surface area (Å²) in [5.41, 5.74) is 2.26. The van der Waals surface area contributed by atoms with Crippen LogP contribution in [0.25, 0.3) is 5.69 Å². The number of para-hydroxylation sites is 1. The highest BCUT2D eigenvalue weighted by Crippen LogP contribution is 2.25. The van der Waals surface area contributed by atoms with Crippen LogP contribution in [0.3, 0.4) is 0 Å². The fraction of sp³-hybridized carbons (Fsp3) is 0.143. The minimum atomic E-state index is -0.543. The Kier molecular flexibility index (Phi) is 5.62. The first-order valence-corrected chi connectivity index (χ1v) is 10.1. The molecule has 0 saturated carbocycles. The molecule has 0 atom stereocenters. The van der Waals surface area contributed by atoms with Gasteiger partial charge in [-0.05, 0) is 43.7 Å². The highest BCUT2D eigenvalue weighted by atomic mass is 32.2. The molecule has 0 aliphatic heterocycles. The van der Waals surface area contributed by atoms with Gasteiger partial charge in [0.15, 0.2) is 10.9 Å². The molecule has 0 spiro atoms. The summed E-state index contributed by atoms with van der Waals surface area (Å²) in [6.45, 7) is 3.91. The molecule has 30 heavy (non-hydrogen) atoms. The predicted octanol–water partition coefficient (Wildman–Crippen LogP) is 4.56. The number of nitrogens with zero attached hydrogens (tertiary/aromatic N) is 4. The third-order valence-corrected chi connectivity index (χ3v) is 5.20. The summed E-state index contributed by atoms with van der Waals surface area (Å²) >= 11 is 1.39. The molecule has 152 valence electrons. The summed E-state index contributed by atoms with van der Waals surface area (Å²) < 4.78 is 21.1. The summed E-state index contributed by atoms with van der Waals surface area (Å²) in [6, 6.07) is 14.0. The van der Waals surface area contributed by atoms with Crippen LogP contribution in [0.1, 0.15) is 27.8 Å². The Bertz CT molecular complexity index is 1200. The number of hydrogen-bond acceptors (Lipinski definition) is 6. The number of thioether (sulfide) groups is 1. The first-order valence-electron chi connectivity index (χ1n) is 9.13. The molecular weight excluding hydrogens is 405 g/mol. The molecule has 9 heteroatoms. The lowest BCUT2D eigenvalue weighted by molar-refractivity contribution is 0.102. The van der Waals surface area contributed by atoms with Crippen LogP contribution in [-0.2, 0) is 5.75 Å². The zero-order valence-electron chi connectivity index (χ0n) is 16.3. The Hall–Kier alpha value is -3.46. The van der Waals surface area contributed by atoms with Crippen LogP contribution in [-0.4, -0.2) is 25.7 Å². The van der Waals surface area contributed by atoms with E-state index in [0.717, 1.165) is 17.1 Å². The summed E-state index contributed by atoms with van der Waals surface area (Å²) in [5.74, 6) is 0.419. The number of benzene rings is 2. The Morgan fingerprint density at radius 3 is 2.80 bits per heavy atom. The lowest BCUT2D eigenvalue weighted by Crippen LogP contribution is -2.13. The van der Waals surface area contributed by atoms with Crippen LogP contribution in [0.4, 0.5) is 10.1 Å². The van der Waals surface area contributed by atoms with Crippen molar-refractivity contribution in [2.45, 2.75) is 24.8 Å². The van der Waals surface area contributed by atoms with Crippen molar-refractivity contribution < 1.29 is 13.6 Å². The maximum absolute atomic E-state index is 13.7. The normalized spacial score (nSPS) is 10.9. The number of amides is 1. The number of halogens is 1. The van der Waals surface area contributed by atoms with Gasteiger partial charge in [-0.3, -0.25) is 9.36 Å². The first-order chi connectivity index (χ1) is 14.5. The number of aromatic nitrogens is 4. The van der Waals surface area contributed by atoms with Gasteiger partial charge in [0.1, 0.15) is 17.9 Å². The second kappa shape index (κ2) is 8.50. The van der Waals surface area contributed by atoms with Crippen LogP contribution in [0.15, 0.2) is 64.4 Å². The average molecular weight is 423 g/mol. The molecule has 4 rings (SSSR count). The van der Waals surface area contributed by atoms with E-state index in [9.17, 15) is 9.18 Å². The number of carbonyl (C=O) groups excluding carboxylic acids is 1. The maximum Gasteiger partial charge on any atom is 0.277 e.